The molecule has 0 aliphatic rings. The lowest BCUT2D eigenvalue weighted by Gasteiger charge is -2.18. The van der Waals surface area contributed by atoms with Crippen molar-refractivity contribution in [2.75, 3.05) is 0 Å². The van der Waals surface area contributed by atoms with Crippen molar-refractivity contribution in [1.82, 2.24) is 14.5 Å². The smallest absolute Gasteiger partial charge is 0.331 e. The second-order valence-corrected chi connectivity index (χ2v) is 5.47. The largest absolute Gasteiger partial charge is 0.352 e. The molecule has 0 bridgehead atoms. The first-order chi connectivity index (χ1) is 9.65. The van der Waals surface area contributed by atoms with Crippen LogP contribution in [0.4, 0.5) is 0 Å². The van der Waals surface area contributed by atoms with Gasteiger partial charge in [0, 0.05) is 19.3 Å². The van der Waals surface area contributed by atoms with Gasteiger partial charge in [-0.1, -0.05) is 13.8 Å². The first kappa shape index (κ1) is 16.9. The molecule has 1 heterocycles. The van der Waals surface area contributed by atoms with E-state index in [2.05, 4.69) is 5.32 Å². The molecule has 1 unspecified atom stereocenters. The zero-order valence-electron chi connectivity index (χ0n) is 13.0. The predicted molar refractivity (Wildman–Crippen MR) is 78.4 cm³/mol. The number of aromatic nitrogens is 2. The van der Waals surface area contributed by atoms with Gasteiger partial charge in [-0.3, -0.25) is 23.5 Å². The van der Waals surface area contributed by atoms with Crippen LogP contribution in [-0.4, -0.2) is 26.9 Å². The normalized spacial score (nSPS) is 12.3. The minimum Gasteiger partial charge on any atom is -0.352 e. The summed E-state index contributed by atoms with van der Waals surface area (Å²) in [6.45, 7) is 6.82. The average molecular weight is 295 g/mol. The quantitative estimate of drug-likeness (QED) is 0.769. The minimum absolute atomic E-state index is 0.0342. The third-order valence-corrected chi connectivity index (χ3v) is 3.43. The van der Waals surface area contributed by atoms with E-state index in [4.69, 9.17) is 0 Å². The summed E-state index contributed by atoms with van der Waals surface area (Å²) in [4.78, 5) is 47.0. The number of nitrogens with zero attached hydrogens (tertiary/aromatic N) is 2. The summed E-state index contributed by atoms with van der Waals surface area (Å²) in [5.41, 5.74) is -1.39. The number of hydrogen-bond donors (Lipinski definition) is 1. The van der Waals surface area contributed by atoms with Gasteiger partial charge in [0.2, 0.25) is 5.91 Å². The van der Waals surface area contributed by atoms with Gasteiger partial charge in [-0.05, 0) is 19.8 Å². The molecule has 0 fully saturated rings. The number of amides is 1. The number of rotatable bonds is 5. The van der Waals surface area contributed by atoms with Crippen molar-refractivity contribution in [3.8, 4) is 0 Å². The maximum absolute atomic E-state index is 12.0. The SMILES string of the molecule is CC(=O)c1cn(CC(=O)NC(C)C(C)C)c(=O)n(C)c1=O. The van der Waals surface area contributed by atoms with E-state index in [1.807, 2.05) is 20.8 Å². The fourth-order valence-electron chi connectivity index (χ4n) is 1.70. The van der Waals surface area contributed by atoms with E-state index in [1.165, 1.54) is 14.0 Å². The van der Waals surface area contributed by atoms with Crippen LogP contribution >= 0.6 is 0 Å². The highest BCUT2D eigenvalue weighted by molar-refractivity contribution is 5.93. The van der Waals surface area contributed by atoms with Crippen molar-refractivity contribution in [2.45, 2.75) is 40.3 Å². The highest BCUT2D eigenvalue weighted by Gasteiger charge is 2.16. The van der Waals surface area contributed by atoms with Crippen molar-refractivity contribution in [3.05, 3.63) is 32.6 Å². The third-order valence-electron chi connectivity index (χ3n) is 3.43. The van der Waals surface area contributed by atoms with Gasteiger partial charge in [0.05, 0.1) is 5.56 Å². The maximum atomic E-state index is 12.0. The molecule has 0 spiro atoms. The lowest BCUT2D eigenvalue weighted by Crippen LogP contribution is -2.44. The lowest BCUT2D eigenvalue weighted by molar-refractivity contribution is -0.122. The van der Waals surface area contributed by atoms with Crippen molar-refractivity contribution in [3.63, 3.8) is 0 Å². The van der Waals surface area contributed by atoms with Crippen LogP contribution in [0.3, 0.4) is 0 Å². The molecule has 1 rings (SSSR count). The van der Waals surface area contributed by atoms with E-state index >= 15 is 0 Å². The molecule has 7 heteroatoms. The lowest BCUT2D eigenvalue weighted by atomic mass is 10.1. The topological polar surface area (TPSA) is 90.2 Å². The van der Waals surface area contributed by atoms with Gasteiger partial charge in [-0.15, -0.1) is 0 Å². The summed E-state index contributed by atoms with van der Waals surface area (Å²) in [7, 11) is 1.28. The Kier molecular flexibility index (Phi) is 5.23. The summed E-state index contributed by atoms with van der Waals surface area (Å²) in [6, 6.07) is -0.0342. The second kappa shape index (κ2) is 6.51. The molecule has 21 heavy (non-hydrogen) atoms. The van der Waals surface area contributed by atoms with Gasteiger partial charge in [0.15, 0.2) is 5.78 Å². The fraction of sp³-hybridized carbons (Fsp3) is 0.571. The molecule has 1 aromatic rings. The zero-order valence-corrected chi connectivity index (χ0v) is 13.0. The Balaban J connectivity index is 3.10. The molecule has 0 saturated heterocycles. The number of carbonyl (C=O) groups excluding carboxylic acids is 2. The summed E-state index contributed by atoms with van der Waals surface area (Å²) in [6.07, 6.45) is 1.15. The Morgan fingerprint density at radius 2 is 1.81 bits per heavy atom. The molecular weight excluding hydrogens is 274 g/mol. The molecule has 0 aliphatic carbocycles. The van der Waals surface area contributed by atoms with E-state index in [9.17, 15) is 19.2 Å². The Bertz CT molecular complexity index is 670. The van der Waals surface area contributed by atoms with Crippen LogP contribution in [0.1, 0.15) is 38.1 Å². The van der Waals surface area contributed by atoms with Crippen LogP contribution in [0.15, 0.2) is 15.8 Å². The number of ketones is 1. The molecule has 116 valence electrons. The van der Waals surface area contributed by atoms with Crippen LogP contribution in [0, 0.1) is 5.92 Å². The number of hydrogen-bond acceptors (Lipinski definition) is 4. The van der Waals surface area contributed by atoms with E-state index in [-0.39, 0.29) is 30.0 Å². The summed E-state index contributed by atoms with van der Waals surface area (Å²) < 4.78 is 1.90. The summed E-state index contributed by atoms with van der Waals surface area (Å²) in [5.74, 6) is -0.523. The van der Waals surface area contributed by atoms with Crippen LogP contribution in [-0.2, 0) is 18.4 Å². The number of carbonyl (C=O) groups is 2. The van der Waals surface area contributed by atoms with Gasteiger partial charge >= 0.3 is 5.69 Å². The molecule has 1 aromatic heterocycles. The van der Waals surface area contributed by atoms with Crippen molar-refractivity contribution in [1.29, 1.82) is 0 Å². The molecule has 0 aromatic carbocycles. The minimum atomic E-state index is -0.653. The van der Waals surface area contributed by atoms with Crippen LogP contribution in [0.2, 0.25) is 0 Å². The first-order valence-electron chi connectivity index (χ1n) is 6.76. The fourth-order valence-corrected chi connectivity index (χ4v) is 1.70. The monoisotopic (exact) mass is 295 g/mol. The summed E-state index contributed by atoms with van der Waals surface area (Å²) >= 11 is 0. The van der Waals surface area contributed by atoms with E-state index in [0.29, 0.717) is 0 Å². The van der Waals surface area contributed by atoms with Crippen LogP contribution < -0.4 is 16.6 Å². The molecule has 1 atom stereocenters. The van der Waals surface area contributed by atoms with Gasteiger partial charge in [-0.25, -0.2) is 4.79 Å². The van der Waals surface area contributed by atoms with Gasteiger partial charge in [0.25, 0.3) is 5.56 Å². The zero-order chi connectivity index (χ0) is 16.3. The molecule has 1 N–H and O–H groups in total. The highest BCUT2D eigenvalue weighted by Crippen LogP contribution is 1.99. The van der Waals surface area contributed by atoms with E-state index < -0.39 is 17.0 Å². The highest BCUT2D eigenvalue weighted by atomic mass is 16.2. The summed E-state index contributed by atoms with van der Waals surface area (Å²) in [5, 5.41) is 2.77. The molecule has 0 aliphatic heterocycles. The molecule has 7 nitrogen and oxygen atoms in total. The standard InChI is InChI=1S/C14H21N3O4/c1-8(2)9(3)15-12(19)7-17-6-11(10(4)18)13(20)16(5)14(17)21/h6,8-9H,7H2,1-5H3,(H,15,19). The first-order valence-corrected chi connectivity index (χ1v) is 6.76. The Hall–Kier alpha value is -2.18. The molecule has 1 amide bonds. The maximum Gasteiger partial charge on any atom is 0.331 e. The van der Waals surface area contributed by atoms with Crippen molar-refractivity contribution in [2.24, 2.45) is 13.0 Å². The van der Waals surface area contributed by atoms with Crippen molar-refractivity contribution < 1.29 is 9.59 Å². The Labute approximate surface area is 122 Å². The Morgan fingerprint density at radius 3 is 2.29 bits per heavy atom. The molecule has 0 saturated carbocycles. The van der Waals surface area contributed by atoms with E-state index in [1.54, 1.807) is 0 Å². The van der Waals surface area contributed by atoms with Gasteiger partial charge < -0.3 is 5.32 Å². The van der Waals surface area contributed by atoms with E-state index in [0.717, 1.165) is 15.3 Å². The number of Topliss-reactive ketones (excluding diaryl/α,β-unsaturated/α-hetero) is 1. The predicted octanol–water partition coefficient (Wildman–Crippen LogP) is -0.0897. The van der Waals surface area contributed by atoms with Crippen molar-refractivity contribution >= 4 is 11.7 Å². The van der Waals surface area contributed by atoms with Gasteiger partial charge in [-0.2, -0.15) is 0 Å². The molecule has 0 radical (unpaired) electrons. The second-order valence-electron chi connectivity index (χ2n) is 5.47. The van der Waals surface area contributed by atoms with Crippen LogP contribution in [0.5, 0.6) is 0 Å². The van der Waals surface area contributed by atoms with Crippen LogP contribution in [0.25, 0.3) is 0 Å². The Morgan fingerprint density at radius 1 is 1.24 bits per heavy atom. The third kappa shape index (κ3) is 3.90. The molecular formula is C14H21N3O4. The van der Waals surface area contributed by atoms with Gasteiger partial charge in [0.1, 0.15) is 6.54 Å². The average Bonchev–Trinajstić information content (AvgIpc) is 2.38. The number of nitrogens with one attached hydrogen (secondary N) is 1.